The van der Waals surface area contributed by atoms with Gasteiger partial charge in [0, 0.05) is 62.5 Å². The fraction of sp³-hybridized carbons (Fsp3) is 0.265. The Labute approximate surface area is 260 Å². The van der Waals surface area contributed by atoms with Crippen molar-refractivity contribution >= 4 is 20.0 Å². The number of aryl methyl sites for hydroxylation is 2. The van der Waals surface area contributed by atoms with Gasteiger partial charge in [0.2, 0.25) is 20.0 Å². The van der Waals surface area contributed by atoms with Crippen molar-refractivity contribution in [3.63, 3.8) is 0 Å². The zero-order chi connectivity index (χ0) is 31.3. The molecular formula is C34H37N3O5S2. The molecule has 0 spiro atoms. The van der Waals surface area contributed by atoms with Crippen LogP contribution in [-0.4, -0.2) is 56.6 Å². The van der Waals surface area contributed by atoms with Gasteiger partial charge in [-0.25, -0.2) is 16.8 Å². The normalized spacial score (nSPS) is 15.7. The minimum atomic E-state index is -3.91. The number of ether oxygens (including phenoxy) is 1. The number of hydrogen-bond donors (Lipinski definition) is 0. The van der Waals surface area contributed by atoms with E-state index in [1.807, 2.05) is 56.3 Å². The highest BCUT2D eigenvalue weighted by Crippen LogP contribution is 2.24. The topological polar surface area (TPSA) is 96.9 Å². The summed E-state index contributed by atoms with van der Waals surface area (Å²) in [5.74, 6) is 0.594. The molecule has 0 amide bonds. The van der Waals surface area contributed by atoms with Gasteiger partial charge in [-0.05, 0) is 49.2 Å². The molecule has 10 heteroatoms. The lowest BCUT2D eigenvalue weighted by molar-refractivity contribution is 0.304. The maximum absolute atomic E-state index is 13.9. The molecular weight excluding hydrogens is 595 g/mol. The summed E-state index contributed by atoms with van der Waals surface area (Å²) in [6, 6.07) is 26.8. The van der Waals surface area contributed by atoms with Gasteiger partial charge in [0.1, 0.15) is 12.4 Å². The number of fused-ring (bicyclic) bond motifs is 2. The second-order valence-corrected chi connectivity index (χ2v) is 15.0. The van der Waals surface area contributed by atoms with Gasteiger partial charge >= 0.3 is 0 Å². The molecule has 1 aliphatic rings. The first-order valence-electron chi connectivity index (χ1n) is 14.5. The summed E-state index contributed by atoms with van der Waals surface area (Å²) in [5, 5.41) is 0. The number of sulfonamides is 2. The molecule has 0 saturated heterocycles. The molecule has 1 aromatic heterocycles. The van der Waals surface area contributed by atoms with Crippen LogP contribution in [0.3, 0.4) is 0 Å². The van der Waals surface area contributed by atoms with Gasteiger partial charge in [-0.1, -0.05) is 72.3 Å². The largest absolute Gasteiger partial charge is 0.489 e. The van der Waals surface area contributed by atoms with E-state index < -0.39 is 20.0 Å². The van der Waals surface area contributed by atoms with Crippen molar-refractivity contribution in [2.75, 3.05) is 26.2 Å². The Morgan fingerprint density at radius 2 is 1.16 bits per heavy atom. The van der Waals surface area contributed by atoms with Crippen LogP contribution in [-0.2, 0) is 39.5 Å². The van der Waals surface area contributed by atoms with Crippen LogP contribution in [0.15, 0.2) is 113 Å². The van der Waals surface area contributed by atoms with Crippen LogP contribution >= 0.6 is 0 Å². The summed E-state index contributed by atoms with van der Waals surface area (Å²) < 4.78 is 64.2. The lowest BCUT2D eigenvalue weighted by Gasteiger charge is -2.28. The highest BCUT2D eigenvalue weighted by Gasteiger charge is 2.29. The molecule has 0 radical (unpaired) electrons. The molecule has 4 aromatic rings. The van der Waals surface area contributed by atoms with Gasteiger partial charge in [-0.15, -0.1) is 0 Å². The number of aromatic nitrogens is 1. The molecule has 0 aliphatic carbocycles. The van der Waals surface area contributed by atoms with Crippen molar-refractivity contribution in [1.29, 1.82) is 0 Å². The van der Waals surface area contributed by atoms with E-state index in [1.54, 1.807) is 48.5 Å². The monoisotopic (exact) mass is 631 g/mol. The number of pyridine rings is 1. The van der Waals surface area contributed by atoms with E-state index >= 15 is 0 Å². The van der Waals surface area contributed by atoms with E-state index in [1.165, 1.54) is 8.61 Å². The fourth-order valence-electron chi connectivity index (χ4n) is 5.01. The SMILES string of the molecule is C=C1CN(S(=O)(=O)c2ccc(C)cc2)CCc2cc(OCc3ccccc3)cc(n2)CCN(S(=O)(=O)c2ccc(C)cc2)C1. The third-order valence-corrected chi connectivity index (χ3v) is 11.2. The van der Waals surface area contributed by atoms with E-state index in [-0.39, 0.29) is 36.0 Å². The first kappa shape index (κ1) is 31.6. The van der Waals surface area contributed by atoms with Gasteiger partial charge in [0.25, 0.3) is 0 Å². The summed E-state index contributed by atoms with van der Waals surface area (Å²) in [6.07, 6.45) is 0.693. The standard InChI is InChI=1S/C34H37N3O5S2/c1-26-9-13-33(14-10-26)43(38,39)36-19-17-30-21-32(42-25-29-7-5-4-6-8-29)22-31(35-30)18-20-37(24-28(3)23-36)44(40,41)34-15-11-27(2)12-16-34/h4-16,21-22H,3,17-20,23-25H2,1-2H3. The molecule has 230 valence electrons. The van der Waals surface area contributed by atoms with Gasteiger partial charge in [0.15, 0.2) is 0 Å². The molecule has 0 saturated carbocycles. The minimum Gasteiger partial charge on any atom is -0.489 e. The van der Waals surface area contributed by atoms with E-state index in [2.05, 4.69) is 6.58 Å². The molecule has 0 N–H and O–H groups in total. The lowest BCUT2D eigenvalue weighted by Crippen LogP contribution is -2.40. The average molecular weight is 632 g/mol. The quantitative estimate of drug-likeness (QED) is 0.257. The van der Waals surface area contributed by atoms with Crippen molar-refractivity contribution in [3.8, 4) is 5.75 Å². The third kappa shape index (κ3) is 7.62. The van der Waals surface area contributed by atoms with E-state index in [9.17, 15) is 16.8 Å². The second-order valence-electron chi connectivity index (χ2n) is 11.1. The van der Waals surface area contributed by atoms with E-state index in [4.69, 9.17) is 9.72 Å². The molecule has 44 heavy (non-hydrogen) atoms. The summed E-state index contributed by atoms with van der Waals surface area (Å²) in [6.45, 7) is 8.48. The molecule has 2 heterocycles. The molecule has 1 aliphatic heterocycles. The van der Waals surface area contributed by atoms with Crippen LogP contribution in [0, 0.1) is 13.8 Å². The Morgan fingerprint density at radius 3 is 1.61 bits per heavy atom. The lowest BCUT2D eigenvalue weighted by atomic mass is 10.2. The van der Waals surface area contributed by atoms with Crippen LogP contribution in [0.25, 0.3) is 0 Å². The van der Waals surface area contributed by atoms with Crippen molar-refractivity contribution in [2.24, 2.45) is 0 Å². The predicted octanol–water partition coefficient (Wildman–Crippen LogP) is 5.31. The number of hydrogen-bond acceptors (Lipinski definition) is 6. The van der Waals surface area contributed by atoms with E-state index in [0.29, 0.717) is 42.2 Å². The van der Waals surface area contributed by atoms with Crippen LogP contribution in [0.2, 0.25) is 0 Å². The maximum Gasteiger partial charge on any atom is 0.243 e. The zero-order valence-electron chi connectivity index (χ0n) is 25.0. The van der Waals surface area contributed by atoms with Crippen LogP contribution < -0.4 is 4.74 Å². The van der Waals surface area contributed by atoms with Crippen molar-refractivity contribution < 1.29 is 21.6 Å². The Balaban J connectivity index is 1.51. The summed E-state index contributed by atoms with van der Waals surface area (Å²) in [4.78, 5) is 5.13. The first-order chi connectivity index (χ1) is 21.0. The highest BCUT2D eigenvalue weighted by atomic mass is 32.2. The van der Waals surface area contributed by atoms with Crippen LogP contribution in [0.4, 0.5) is 0 Å². The Kier molecular flexibility index (Phi) is 9.65. The summed E-state index contributed by atoms with van der Waals surface area (Å²) in [7, 11) is -7.83. The predicted molar refractivity (Wildman–Crippen MR) is 171 cm³/mol. The molecule has 5 rings (SSSR count). The Bertz CT molecular complexity index is 1710. The van der Waals surface area contributed by atoms with Gasteiger partial charge in [-0.2, -0.15) is 8.61 Å². The first-order valence-corrected chi connectivity index (χ1v) is 17.4. The molecule has 2 bridgehead atoms. The Morgan fingerprint density at radius 1 is 0.705 bits per heavy atom. The smallest absolute Gasteiger partial charge is 0.243 e. The third-order valence-electron chi connectivity index (χ3n) is 7.51. The van der Waals surface area contributed by atoms with Gasteiger partial charge in [-0.3, -0.25) is 4.98 Å². The van der Waals surface area contributed by atoms with Crippen molar-refractivity contribution in [2.45, 2.75) is 43.1 Å². The van der Waals surface area contributed by atoms with Crippen molar-refractivity contribution in [3.05, 3.63) is 131 Å². The fourth-order valence-corrected chi connectivity index (χ4v) is 7.94. The molecule has 0 fully saturated rings. The molecule has 8 nitrogen and oxygen atoms in total. The minimum absolute atomic E-state index is 0.0345. The van der Waals surface area contributed by atoms with Gasteiger partial charge in [0.05, 0.1) is 9.79 Å². The number of benzene rings is 3. The summed E-state index contributed by atoms with van der Waals surface area (Å²) >= 11 is 0. The molecule has 3 aromatic carbocycles. The summed E-state index contributed by atoms with van der Waals surface area (Å²) in [5.41, 5.74) is 4.69. The van der Waals surface area contributed by atoms with E-state index in [0.717, 1.165) is 16.7 Å². The molecule has 0 atom stereocenters. The van der Waals surface area contributed by atoms with Crippen LogP contribution in [0.1, 0.15) is 28.1 Å². The zero-order valence-corrected chi connectivity index (χ0v) is 26.6. The van der Waals surface area contributed by atoms with Gasteiger partial charge < -0.3 is 4.74 Å². The average Bonchev–Trinajstić information content (AvgIpc) is 3.00. The number of rotatable bonds is 7. The highest BCUT2D eigenvalue weighted by molar-refractivity contribution is 7.89. The second kappa shape index (κ2) is 13.4. The maximum atomic E-state index is 13.9. The van der Waals surface area contributed by atoms with Crippen LogP contribution in [0.5, 0.6) is 5.75 Å². The van der Waals surface area contributed by atoms with Crippen molar-refractivity contribution in [1.82, 2.24) is 13.6 Å². The Hall–Kier alpha value is -3.83. The number of nitrogens with zero attached hydrogens (tertiary/aromatic N) is 3. The molecule has 0 unspecified atom stereocenters.